The van der Waals surface area contributed by atoms with Crippen LogP contribution < -0.4 is 213 Å². The van der Waals surface area contributed by atoms with Crippen molar-refractivity contribution in [3.63, 3.8) is 0 Å². The first-order valence-corrected chi connectivity index (χ1v) is 29.0. The fourth-order valence-electron chi connectivity index (χ4n) is 8.89. The third-order valence-electron chi connectivity index (χ3n) is 12.5. The Morgan fingerprint density at radius 1 is 0.553 bits per heavy atom. The van der Waals surface area contributed by atoms with E-state index < -0.39 is 110 Å². The molecule has 0 atom stereocenters. The van der Waals surface area contributed by atoms with Crippen molar-refractivity contribution in [3.8, 4) is 22.5 Å². The van der Waals surface area contributed by atoms with Crippen molar-refractivity contribution in [1.82, 2.24) is 0 Å². The number of fused-ring (bicyclic) bond motifs is 2. The number of carbonyl (C=O) groups is 3. The van der Waals surface area contributed by atoms with E-state index in [1.54, 1.807) is 26.8 Å². The molecule has 410 valence electrons. The summed E-state index contributed by atoms with van der Waals surface area (Å²) in [5, 5.41) is 36.5. The monoisotopic (exact) mass is 1320 g/mol. The molecule has 21 nitrogen and oxygen atoms in total. The van der Waals surface area contributed by atoms with Crippen LogP contribution in [0, 0.1) is 53.7 Å². The Hall–Kier alpha value is -1.88. The Kier molecular flexibility index (Phi) is 28.4. The van der Waals surface area contributed by atoms with E-state index in [1.807, 2.05) is 0 Å². The first-order chi connectivity index (χ1) is 36.7. The summed E-state index contributed by atoms with van der Waals surface area (Å²) in [4.78, 5) is 36.4. The van der Waals surface area contributed by atoms with E-state index >= 15 is 0 Å². The fourth-order valence-corrected chi connectivity index (χ4v) is 13.7. The SMILES string of the molecule is Cc1cc(C)c(NS(=O)(=O)c2cc(C(=O)[O-])cc(C(=O)[O-])c2Cl)c(C)c1N=c1cc2oc3cc(Nc4c(C)cc(C)c(NS(=O)(=O)c5cc(C(=O)[O-])c[c-]c5Cl)c4C)[c-]cc3c(-c3ccccc3S(=O)(=O)[O-])c-2cc1S(=O)(=O)[O-].[Na+].[Na+].[Na+].[Na+].[Na+].[Na+]. The summed E-state index contributed by atoms with van der Waals surface area (Å²) in [5.41, 5.74) is -0.970. The van der Waals surface area contributed by atoms with E-state index in [4.69, 9.17) is 27.6 Å². The van der Waals surface area contributed by atoms with Gasteiger partial charge in [-0.1, -0.05) is 63.6 Å². The number of aromatic carboxylic acids is 3. The van der Waals surface area contributed by atoms with Crippen LogP contribution >= 0.6 is 23.2 Å². The first kappa shape index (κ1) is 79.2. The number of benzene rings is 7. The molecule has 8 rings (SSSR count). The van der Waals surface area contributed by atoms with Crippen LogP contribution in [0.1, 0.15) is 64.5 Å². The average Bonchev–Trinajstić information content (AvgIpc) is 3.35. The number of nitrogens with zero attached hydrogens (tertiary/aromatic N) is 1. The summed E-state index contributed by atoms with van der Waals surface area (Å²) < 4.78 is 145. The van der Waals surface area contributed by atoms with Gasteiger partial charge in [0.1, 0.15) is 30.9 Å². The van der Waals surface area contributed by atoms with Crippen LogP contribution in [0.2, 0.25) is 10.0 Å². The molecule has 6 aromatic rings. The molecular weight excluding hydrogens is 1290 g/mol. The number of hydrogen-bond donors (Lipinski definition) is 3. The van der Waals surface area contributed by atoms with Gasteiger partial charge >= 0.3 is 177 Å². The van der Waals surface area contributed by atoms with Crippen molar-refractivity contribution in [2.45, 2.75) is 61.1 Å². The maximum Gasteiger partial charge on any atom is 1.00 e. The molecule has 33 heteroatoms. The van der Waals surface area contributed by atoms with Gasteiger partial charge in [-0.05, 0) is 115 Å². The molecule has 1 aliphatic carbocycles. The molecule has 0 radical (unpaired) electrons. The van der Waals surface area contributed by atoms with Gasteiger partial charge in [0.05, 0.1) is 49.2 Å². The maximum absolute atomic E-state index is 13.9. The molecule has 0 fully saturated rings. The van der Waals surface area contributed by atoms with Gasteiger partial charge in [-0.2, -0.15) is 24.3 Å². The second kappa shape index (κ2) is 30.5. The minimum atomic E-state index is -5.56. The molecule has 0 saturated carbocycles. The molecular formula is C52H35Cl2N4Na6O17S4-. The van der Waals surface area contributed by atoms with Crippen LogP contribution in [0.15, 0.2) is 114 Å². The predicted molar refractivity (Wildman–Crippen MR) is 279 cm³/mol. The van der Waals surface area contributed by atoms with E-state index in [0.717, 1.165) is 30.3 Å². The summed E-state index contributed by atoms with van der Waals surface area (Å²) >= 11 is 12.3. The number of nitrogens with one attached hydrogen (secondary N) is 3. The van der Waals surface area contributed by atoms with Gasteiger partial charge in [0, 0.05) is 34.4 Å². The van der Waals surface area contributed by atoms with Crippen molar-refractivity contribution >= 4 is 121 Å². The van der Waals surface area contributed by atoms with Crippen LogP contribution in [0.5, 0.6) is 0 Å². The van der Waals surface area contributed by atoms with E-state index in [1.165, 1.54) is 57.2 Å². The molecule has 0 bridgehead atoms. The first-order valence-electron chi connectivity index (χ1n) is 22.5. The number of halogens is 2. The van der Waals surface area contributed by atoms with Gasteiger partial charge in [0.25, 0.3) is 10.0 Å². The second-order valence-corrected chi connectivity index (χ2v) is 24.5. The molecule has 3 N–H and O–H groups in total. The Labute approximate surface area is 631 Å². The fraction of sp³-hybridized carbons (Fsp3) is 0.115. The quantitative estimate of drug-likeness (QED) is 0.0371. The molecule has 0 spiro atoms. The number of rotatable bonds is 15. The van der Waals surface area contributed by atoms with Crippen molar-refractivity contribution in [3.05, 3.63) is 163 Å². The summed E-state index contributed by atoms with van der Waals surface area (Å²) in [6, 6.07) is 20.9. The molecule has 85 heavy (non-hydrogen) atoms. The summed E-state index contributed by atoms with van der Waals surface area (Å²) in [5.74, 6) is -5.87. The summed E-state index contributed by atoms with van der Waals surface area (Å²) in [7, 11) is -20.4. The zero-order chi connectivity index (χ0) is 58.2. The Morgan fingerprint density at radius 2 is 1.08 bits per heavy atom. The van der Waals surface area contributed by atoms with Crippen molar-refractivity contribution in [2.75, 3.05) is 14.8 Å². The van der Waals surface area contributed by atoms with Gasteiger partial charge in [0.15, 0.2) is 0 Å². The Morgan fingerprint density at radius 3 is 1.65 bits per heavy atom. The van der Waals surface area contributed by atoms with Crippen LogP contribution in [-0.2, 0) is 40.3 Å². The molecule has 0 saturated heterocycles. The number of hydrogen-bond acceptors (Lipinski definition) is 19. The van der Waals surface area contributed by atoms with Crippen molar-refractivity contribution < 1.29 is 254 Å². The third-order valence-corrected chi connectivity index (χ3v) is 17.9. The largest absolute Gasteiger partial charge is 1.00 e. The van der Waals surface area contributed by atoms with E-state index in [9.17, 15) is 72.5 Å². The second-order valence-electron chi connectivity index (χ2n) is 17.8. The maximum atomic E-state index is 13.9. The molecule has 2 aliphatic rings. The summed E-state index contributed by atoms with van der Waals surface area (Å²) in [6.07, 6.45) is 0. The predicted octanol–water partition coefficient (Wildman–Crippen LogP) is -12.5. The third kappa shape index (κ3) is 16.8. The van der Waals surface area contributed by atoms with Gasteiger partial charge in [-0.15, -0.1) is 29.3 Å². The van der Waals surface area contributed by atoms with Gasteiger partial charge < -0.3 is 48.5 Å². The van der Waals surface area contributed by atoms with Crippen LogP contribution in [0.4, 0.5) is 28.4 Å². The number of carbonyl (C=O) groups excluding carboxylic acids is 3. The minimum Gasteiger partial charge on any atom is -0.744 e. The average molecular weight is 1320 g/mol. The molecule has 6 aromatic carbocycles. The minimum absolute atomic E-state index is 0. The van der Waals surface area contributed by atoms with Gasteiger partial charge in [-0.25, -0.2) is 38.7 Å². The van der Waals surface area contributed by atoms with Gasteiger partial charge in [-0.3, -0.25) is 9.44 Å². The van der Waals surface area contributed by atoms with Crippen LogP contribution in [0.25, 0.3) is 33.4 Å². The standard InChI is InChI=1S/C52H40Cl2N4O17S4.6Na/c1-23-15-25(3)48(57-76(65,66)41-18-29(50(59)60)11-14-36(41)53)27(5)46(23)55-31-12-13-32-38(20-31)75-39-22-37(42(79(72,73)74)21-34(39)44(32)33-9-7-8-10-40(33)78(69,70)71)56-47-24(2)16-26(4)49(28(47)6)58-77(67,68)43-19-30(51(61)62)17-35(45(43)54)52(63)64;;;;;;/h7-11,13,15-22,55,57-58H,1-6H3,(H,59,60)(H,61,62)(H,63,64)(H,69,70,71)(H,72,73,74);;;;;;/q-2;6*+1/p-5. The zero-order valence-electron chi connectivity index (χ0n) is 47.4. The molecule has 1 heterocycles. The molecule has 0 aromatic heterocycles. The van der Waals surface area contributed by atoms with E-state index in [0.29, 0.717) is 34.5 Å². The number of anilines is 4. The smallest absolute Gasteiger partial charge is 0.744 e. The number of carboxylic acid groups (broad SMARTS) is 3. The number of carboxylic acids is 3. The zero-order valence-corrected chi connectivity index (χ0v) is 64.1. The topological polar surface area (TPSA) is 365 Å². The van der Waals surface area contributed by atoms with Crippen LogP contribution in [0.3, 0.4) is 0 Å². The number of sulfonamides is 2. The van der Waals surface area contributed by atoms with E-state index in [2.05, 4.69) is 31.9 Å². The van der Waals surface area contributed by atoms with Crippen molar-refractivity contribution in [2.24, 2.45) is 4.99 Å². The van der Waals surface area contributed by atoms with Crippen LogP contribution in [-0.4, -0.2) is 60.7 Å². The molecule has 0 amide bonds. The Balaban J connectivity index is 0.00000411. The molecule has 1 aliphatic heterocycles. The van der Waals surface area contributed by atoms with E-state index in [-0.39, 0.29) is 250 Å². The summed E-state index contributed by atoms with van der Waals surface area (Å²) in [6.45, 7) is 9.23. The molecule has 0 unspecified atom stereocenters. The number of aryl methyl sites for hydroxylation is 4. The van der Waals surface area contributed by atoms with Gasteiger partial charge in [0.2, 0.25) is 10.0 Å². The normalized spacial score (nSPS) is 11.6. The van der Waals surface area contributed by atoms with Crippen molar-refractivity contribution in [1.29, 1.82) is 0 Å². The Bertz CT molecular complexity index is 4560.